The number of nitrogens with one attached hydrogen (secondary N) is 2. The zero-order valence-corrected chi connectivity index (χ0v) is 18.6. The summed E-state index contributed by atoms with van der Waals surface area (Å²) in [5.74, 6) is 0. The Labute approximate surface area is 188 Å². The lowest BCUT2D eigenvalue weighted by atomic mass is 10.0. The van der Waals surface area contributed by atoms with Crippen LogP contribution >= 0.6 is 0 Å². The molecule has 6 heteroatoms. The number of carboxylic acid groups (broad SMARTS) is 1. The van der Waals surface area contributed by atoms with Crippen LogP contribution in [-0.4, -0.2) is 34.2 Å². The molecule has 0 radical (unpaired) electrons. The van der Waals surface area contributed by atoms with Crippen LogP contribution < -0.4 is 10.6 Å². The number of nitrogens with zero attached hydrogens (tertiary/aromatic N) is 1. The summed E-state index contributed by atoms with van der Waals surface area (Å²) in [5, 5.41) is 15.1. The molecule has 6 nitrogen and oxygen atoms in total. The first-order chi connectivity index (χ1) is 15.2. The van der Waals surface area contributed by atoms with Gasteiger partial charge in [0.15, 0.2) is 0 Å². The van der Waals surface area contributed by atoms with Gasteiger partial charge in [0.25, 0.3) is 0 Å². The molecule has 0 unspecified atom stereocenters. The number of amides is 3. The van der Waals surface area contributed by atoms with Crippen LogP contribution in [0.4, 0.5) is 21.0 Å². The van der Waals surface area contributed by atoms with Gasteiger partial charge < -0.3 is 20.6 Å². The molecule has 0 saturated carbocycles. The summed E-state index contributed by atoms with van der Waals surface area (Å²) in [4.78, 5) is 25.4. The standard InChI is InChI=1S/C26H29N3O3/c1-26(2,3)29(25(31)32)17-16-19-8-7-11-23(18-19)28-24(30)27-22-14-12-21(13-15-22)20-9-5-4-6-10-20/h4-15,18H,16-17H2,1-3H3,(H,31,32)(H2,27,28,30). The second kappa shape index (κ2) is 10.0. The molecule has 0 spiro atoms. The lowest BCUT2D eigenvalue weighted by Gasteiger charge is -2.33. The van der Waals surface area contributed by atoms with Crippen molar-refractivity contribution < 1.29 is 14.7 Å². The van der Waals surface area contributed by atoms with E-state index < -0.39 is 11.6 Å². The molecule has 3 aromatic rings. The fourth-order valence-electron chi connectivity index (χ4n) is 3.43. The van der Waals surface area contributed by atoms with E-state index in [0.29, 0.717) is 24.3 Å². The Bertz CT molecular complexity index is 1060. The largest absolute Gasteiger partial charge is 0.465 e. The van der Waals surface area contributed by atoms with Crippen molar-refractivity contribution in [3.63, 3.8) is 0 Å². The topological polar surface area (TPSA) is 81.7 Å². The van der Waals surface area contributed by atoms with Crippen molar-refractivity contribution in [2.75, 3.05) is 17.2 Å². The normalized spacial score (nSPS) is 11.0. The molecule has 0 saturated heterocycles. The van der Waals surface area contributed by atoms with Gasteiger partial charge in [-0.05, 0) is 68.1 Å². The molecule has 0 aliphatic rings. The van der Waals surface area contributed by atoms with Gasteiger partial charge in [0, 0.05) is 23.5 Å². The Morgan fingerprint density at radius 3 is 2.06 bits per heavy atom. The first kappa shape index (κ1) is 22.9. The third kappa shape index (κ3) is 6.35. The van der Waals surface area contributed by atoms with E-state index in [0.717, 1.165) is 16.7 Å². The molecule has 0 bridgehead atoms. The highest BCUT2D eigenvalue weighted by molar-refractivity contribution is 5.99. The minimum Gasteiger partial charge on any atom is -0.465 e. The molecule has 0 aliphatic carbocycles. The summed E-state index contributed by atoms with van der Waals surface area (Å²) in [6.07, 6.45) is -0.383. The van der Waals surface area contributed by atoms with Crippen molar-refractivity contribution in [1.82, 2.24) is 4.90 Å². The van der Waals surface area contributed by atoms with Crippen molar-refractivity contribution in [1.29, 1.82) is 0 Å². The highest BCUT2D eigenvalue weighted by atomic mass is 16.4. The van der Waals surface area contributed by atoms with Crippen LogP contribution in [0.5, 0.6) is 0 Å². The van der Waals surface area contributed by atoms with Crippen LogP contribution in [0.15, 0.2) is 78.9 Å². The number of urea groups is 1. The van der Waals surface area contributed by atoms with Crippen LogP contribution in [0.1, 0.15) is 26.3 Å². The fourth-order valence-corrected chi connectivity index (χ4v) is 3.43. The third-order valence-corrected chi connectivity index (χ3v) is 5.10. The first-order valence-electron chi connectivity index (χ1n) is 10.6. The Kier molecular flexibility index (Phi) is 7.15. The Hall–Kier alpha value is -3.80. The van der Waals surface area contributed by atoms with Gasteiger partial charge in [0.2, 0.25) is 0 Å². The maximum atomic E-state index is 12.4. The Morgan fingerprint density at radius 2 is 1.44 bits per heavy atom. The predicted molar refractivity (Wildman–Crippen MR) is 129 cm³/mol. The fraction of sp³-hybridized carbons (Fsp3) is 0.231. The molecule has 0 aliphatic heterocycles. The summed E-state index contributed by atoms with van der Waals surface area (Å²) < 4.78 is 0. The predicted octanol–water partition coefficient (Wildman–Crippen LogP) is 6.32. The van der Waals surface area contributed by atoms with Crippen molar-refractivity contribution >= 4 is 23.5 Å². The van der Waals surface area contributed by atoms with E-state index in [4.69, 9.17) is 0 Å². The number of hydrogen-bond acceptors (Lipinski definition) is 2. The van der Waals surface area contributed by atoms with Crippen LogP contribution in [0.3, 0.4) is 0 Å². The summed E-state index contributed by atoms with van der Waals surface area (Å²) in [6, 6.07) is 24.8. The average molecular weight is 432 g/mol. The summed E-state index contributed by atoms with van der Waals surface area (Å²) in [7, 11) is 0. The minimum absolute atomic E-state index is 0.337. The lowest BCUT2D eigenvalue weighted by Crippen LogP contribution is -2.45. The summed E-state index contributed by atoms with van der Waals surface area (Å²) >= 11 is 0. The molecular weight excluding hydrogens is 402 g/mol. The molecule has 0 heterocycles. The van der Waals surface area contributed by atoms with Gasteiger partial charge in [-0.15, -0.1) is 0 Å². The van der Waals surface area contributed by atoms with E-state index in [-0.39, 0.29) is 6.03 Å². The second-order valence-electron chi connectivity index (χ2n) is 8.58. The zero-order chi connectivity index (χ0) is 23.1. The molecule has 0 atom stereocenters. The average Bonchev–Trinajstić information content (AvgIpc) is 2.74. The summed E-state index contributed by atoms with van der Waals surface area (Å²) in [6.45, 7) is 5.99. The molecule has 3 aromatic carbocycles. The number of carbonyl (C=O) groups excluding carboxylic acids is 1. The van der Waals surface area contributed by atoms with Gasteiger partial charge in [-0.2, -0.15) is 0 Å². The molecular formula is C26H29N3O3. The summed E-state index contributed by atoms with van der Waals surface area (Å²) in [5.41, 5.74) is 4.02. The van der Waals surface area contributed by atoms with E-state index in [1.54, 1.807) is 6.07 Å². The van der Waals surface area contributed by atoms with Crippen LogP contribution in [0.2, 0.25) is 0 Å². The van der Waals surface area contributed by atoms with Gasteiger partial charge in [-0.25, -0.2) is 9.59 Å². The van der Waals surface area contributed by atoms with Crippen molar-refractivity contribution in [3.8, 4) is 11.1 Å². The van der Waals surface area contributed by atoms with E-state index in [1.807, 2.05) is 93.6 Å². The van der Waals surface area contributed by atoms with Gasteiger partial charge in [-0.3, -0.25) is 0 Å². The van der Waals surface area contributed by atoms with E-state index in [2.05, 4.69) is 10.6 Å². The van der Waals surface area contributed by atoms with Crippen LogP contribution in [-0.2, 0) is 6.42 Å². The third-order valence-electron chi connectivity index (χ3n) is 5.10. The van der Waals surface area contributed by atoms with E-state index >= 15 is 0 Å². The van der Waals surface area contributed by atoms with E-state index in [9.17, 15) is 14.7 Å². The monoisotopic (exact) mass is 431 g/mol. The Balaban J connectivity index is 1.58. The van der Waals surface area contributed by atoms with Gasteiger partial charge >= 0.3 is 12.1 Å². The molecule has 3 amide bonds. The SMILES string of the molecule is CC(C)(C)N(CCc1cccc(NC(=O)Nc2ccc(-c3ccccc3)cc2)c1)C(=O)O. The second-order valence-corrected chi connectivity index (χ2v) is 8.58. The lowest BCUT2D eigenvalue weighted by molar-refractivity contribution is 0.101. The number of carbonyl (C=O) groups is 2. The minimum atomic E-state index is -0.940. The molecule has 3 rings (SSSR count). The highest BCUT2D eigenvalue weighted by Crippen LogP contribution is 2.21. The van der Waals surface area contributed by atoms with Crippen molar-refractivity contribution in [2.45, 2.75) is 32.7 Å². The van der Waals surface area contributed by atoms with Gasteiger partial charge in [0.1, 0.15) is 0 Å². The number of hydrogen-bond donors (Lipinski definition) is 3. The molecule has 0 fully saturated rings. The highest BCUT2D eigenvalue weighted by Gasteiger charge is 2.25. The molecule has 166 valence electrons. The van der Waals surface area contributed by atoms with Crippen LogP contribution in [0, 0.1) is 0 Å². The van der Waals surface area contributed by atoms with Crippen molar-refractivity contribution in [2.24, 2.45) is 0 Å². The zero-order valence-electron chi connectivity index (χ0n) is 18.6. The van der Waals surface area contributed by atoms with Crippen LogP contribution in [0.25, 0.3) is 11.1 Å². The quantitative estimate of drug-likeness (QED) is 0.427. The molecule has 0 aromatic heterocycles. The maximum absolute atomic E-state index is 12.4. The van der Waals surface area contributed by atoms with Gasteiger partial charge in [0.05, 0.1) is 0 Å². The number of anilines is 2. The maximum Gasteiger partial charge on any atom is 0.407 e. The molecule has 32 heavy (non-hydrogen) atoms. The first-order valence-corrected chi connectivity index (χ1v) is 10.6. The smallest absolute Gasteiger partial charge is 0.407 e. The van der Waals surface area contributed by atoms with Crippen molar-refractivity contribution in [3.05, 3.63) is 84.4 Å². The molecule has 3 N–H and O–H groups in total. The number of rotatable bonds is 6. The Morgan fingerprint density at radius 1 is 0.812 bits per heavy atom. The number of benzene rings is 3. The van der Waals surface area contributed by atoms with Gasteiger partial charge in [-0.1, -0.05) is 54.6 Å². The van der Waals surface area contributed by atoms with E-state index in [1.165, 1.54) is 4.90 Å².